The van der Waals surface area contributed by atoms with E-state index in [1.807, 2.05) is 0 Å². The summed E-state index contributed by atoms with van der Waals surface area (Å²) in [5.74, 6) is -0.142. The summed E-state index contributed by atoms with van der Waals surface area (Å²) in [7, 11) is 1.33. The molecule has 0 aliphatic heterocycles. The lowest BCUT2D eigenvalue weighted by molar-refractivity contribution is 0.0600. The van der Waals surface area contributed by atoms with Gasteiger partial charge in [0.25, 0.3) is 0 Å². The first-order valence-electron chi connectivity index (χ1n) is 5.44. The monoisotopic (exact) mass is 244 g/mol. The number of rotatable bonds is 4. The largest absolute Gasteiger partial charge is 0.465 e. The summed E-state index contributed by atoms with van der Waals surface area (Å²) in [5, 5.41) is 0. The van der Waals surface area contributed by atoms with Crippen molar-refractivity contribution in [3.8, 4) is 0 Å². The predicted molar refractivity (Wildman–Crippen MR) is 64.5 cm³/mol. The third-order valence-corrected chi connectivity index (χ3v) is 2.54. The lowest BCUT2D eigenvalue weighted by atomic mass is 10.1. The minimum Gasteiger partial charge on any atom is -0.465 e. The Morgan fingerprint density at radius 1 is 1.17 bits per heavy atom. The van der Waals surface area contributed by atoms with Gasteiger partial charge in [-0.25, -0.2) is 4.79 Å². The Morgan fingerprint density at radius 2 is 1.89 bits per heavy atom. The molecule has 2 aromatic rings. The topological polar surface area (TPSA) is 56.5 Å². The summed E-state index contributed by atoms with van der Waals surface area (Å²) in [5.41, 5.74) is 1.29. The third-order valence-electron chi connectivity index (χ3n) is 2.54. The first-order chi connectivity index (χ1) is 8.70. The fraction of sp³-hybridized carbons (Fsp3) is 0.143. The zero-order chi connectivity index (χ0) is 13.0. The molecule has 1 heterocycles. The Labute approximate surface area is 104 Å². The number of furan rings is 1. The standard InChI is InChI=1S/C14H12O4/c1-17-14(16)11-6-4-10(5-7-11)9-12(15)13-3-2-8-18-13/h2-8H,9H2,1H3. The van der Waals surface area contributed by atoms with Crippen molar-refractivity contribution in [1.82, 2.24) is 0 Å². The molecule has 92 valence electrons. The molecule has 0 amide bonds. The third kappa shape index (κ3) is 2.66. The second-order valence-electron chi connectivity index (χ2n) is 3.77. The Hall–Kier alpha value is -2.36. The summed E-state index contributed by atoms with van der Waals surface area (Å²) in [6.45, 7) is 0. The fourth-order valence-electron chi connectivity index (χ4n) is 1.59. The second-order valence-corrected chi connectivity index (χ2v) is 3.77. The predicted octanol–water partition coefficient (Wildman–Crippen LogP) is 2.49. The lowest BCUT2D eigenvalue weighted by Gasteiger charge is -2.01. The second kappa shape index (κ2) is 5.31. The van der Waals surface area contributed by atoms with Gasteiger partial charge < -0.3 is 9.15 Å². The van der Waals surface area contributed by atoms with Crippen LogP contribution in [0.4, 0.5) is 0 Å². The van der Waals surface area contributed by atoms with E-state index >= 15 is 0 Å². The Balaban J connectivity index is 2.07. The van der Waals surface area contributed by atoms with Gasteiger partial charge in [-0.15, -0.1) is 0 Å². The minimum atomic E-state index is -0.390. The van der Waals surface area contributed by atoms with Crippen LogP contribution in [0.5, 0.6) is 0 Å². The van der Waals surface area contributed by atoms with Crippen LogP contribution in [0.1, 0.15) is 26.5 Å². The molecule has 0 unspecified atom stereocenters. The average Bonchev–Trinajstić information content (AvgIpc) is 2.92. The number of ketones is 1. The van der Waals surface area contributed by atoms with Crippen molar-refractivity contribution in [2.45, 2.75) is 6.42 Å². The highest BCUT2D eigenvalue weighted by molar-refractivity contribution is 5.95. The van der Waals surface area contributed by atoms with Crippen molar-refractivity contribution in [2.75, 3.05) is 7.11 Å². The van der Waals surface area contributed by atoms with Crippen molar-refractivity contribution >= 4 is 11.8 Å². The number of benzene rings is 1. The van der Waals surface area contributed by atoms with Crippen LogP contribution < -0.4 is 0 Å². The van der Waals surface area contributed by atoms with E-state index in [-0.39, 0.29) is 18.2 Å². The molecule has 0 bridgehead atoms. The molecule has 18 heavy (non-hydrogen) atoms. The Bertz CT molecular complexity index is 538. The maximum Gasteiger partial charge on any atom is 0.337 e. The molecule has 0 saturated carbocycles. The van der Waals surface area contributed by atoms with E-state index in [4.69, 9.17) is 4.42 Å². The molecule has 0 radical (unpaired) electrons. The zero-order valence-corrected chi connectivity index (χ0v) is 9.88. The number of ether oxygens (including phenoxy) is 1. The van der Waals surface area contributed by atoms with Gasteiger partial charge in [-0.1, -0.05) is 12.1 Å². The molecule has 0 atom stereocenters. The van der Waals surface area contributed by atoms with Gasteiger partial charge in [0.1, 0.15) is 0 Å². The van der Waals surface area contributed by atoms with Crippen LogP contribution in [0.3, 0.4) is 0 Å². The lowest BCUT2D eigenvalue weighted by Crippen LogP contribution is -2.04. The first kappa shape index (κ1) is 12.1. The number of hydrogen-bond donors (Lipinski definition) is 0. The Morgan fingerprint density at radius 3 is 2.44 bits per heavy atom. The quantitative estimate of drug-likeness (QED) is 0.612. The number of Topliss-reactive ketones (excluding diaryl/α,β-unsaturated/α-hetero) is 1. The molecule has 1 aromatic heterocycles. The normalized spacial score (nSPS) is 10.1. The van der Waals surface area contributed by atoms with Crippen LogP contribution in [0.25, 0.3) is 0 Å². The number of esters is 1. The minimum absolute atomic E-state index is 0.0918. The van der Waals surface area contributed by atoms with E-state index in [1.54, 1.807) is 36.4 Å². The highest BCUT2D eigenvalue weighted by atomic mass is 16.5. The van der Waals surface area contributed by atoms with E-state index in [2.05, 4.69) is 4.74 Å². The highest BCUT2D eigenvalue weighted by Gasteiger charge is 2.10. The molecule has 4 heteroatoms. The summed E-state index contributed by atoms with van der Waals surface area (Å²) in [6, 6.07) is 10.0. The molecule has 2 rings (SSSR count). The van der Waals surface area contributed by atoms with Crippen LogP contribution in [0, 0.1) is 0 Å². The van der Waals surface area contributed by atoms with Crippen LogP contribution in [-0.2, 0) is 11.2 Å². The van der Waals surface area contributed by atoms with E-state index < -0.39 is 0 Å². The van der Waals surface area contributed by atoms with Gasteiger partial charge in [-0.2, -0.15) is 0 Å². The summed E-state index contributed by atoms with van der Waals surface area (Å²) in [6.07, 6.45) is 1.71. The van der Waals surface area contributed by atoms with Crippen molar-refractivity contribution in [3.05, 3.63) is 59.5 Å². The molecule has 0 aliphatic carbocycles. The van der Waals surface area contributed by atoms with Gasteiger partial charge in [-0.05, 0) is 29.8 Å². The van der Waals surface area contributed by atoms with E-state index in [1.165, 1.54) is 13.4 Å². The van der Waals surface area contributed by atoms with Gasteiger partial charge in [0.05, 0.1) is 18.9 Å². The molecule has 0 saturated heterocycles. The molecule has 0 aliphatic rings. The van der Waals surface area contributed by atoms with Gasteiger partial charge in [0.15, 0.2) is 5.76 Å². The molecule has 1 aromatic carbocycles. The summed E-state index contributed by atoms with van der Waals surface area (Å²) < 4.78 is 9.62. The van der Waals surface area contributed by atoms with Gasteiger partial charge in [0, 0.05) is 6.42 Å². The van der Waals surface area contributed by atoms with Gasteiger partial charge in [0.2, 0.25) is 5.78 Å². The van der Waals surface area contributed by atoms with Crippen molar-refractivity contribution in [3.63, 3.8) is 0 Å². The molecule has 0 spiro atoms. The van der Waals surface area contributed by atoms with Crippen molar-refractivity contribution < 1.29 is 18.7 Å². The van der Waals surface area contributed by atoms with Gasteiger partial charge >= 0.3 is 5.97 Å². The average molecular weight is 244 g/mol. The van der Waals surface area contributed by atoms with E-state index in [0.717, 1.165) is 5.56 Å². The number of carbonyl (C=O) groups excluding carboxylic acids is 2. The maximum atomic E-state index is 11.8. The maximum absolute atomic E-state index is 11.8. The molecule has 0 fully saturated rings. The highest BCUT2D eigenvalue weighted by Crippen LogP contribution is 2.10. The van der Waals surface area contributed by atoms with Crippen molar-refractivity contribution in [2.24, 2.45) is 0 Å². The SMILES string of the molecule is COC(=O)c1ccc(CC(=O)c2ccco2)cc1. The summed E-state index contributed by atoms with van der Waals surface area (Å²) in [4.78, 5) is 23.0. The van der Waals surface area contributed by atoms with Crippen LogP contribution in [0.15, 0.2) is 47.1 Å². The van der Waals surface area contributed by atoms with Crippen LogP contribution >= 0.6 is 0 Å². The van der Waals surface area contributed by atoms with Crippen LogP contribution in [-0.4, -0.2) is 18.9 Å². The van der Waals surface area contributed by atoms with E-state index in [9.17, 15) is 9.59 Å². The smallest absolute Gasteiger partial charge is 0.337 e. The van der Waals surface area contributed by atoms with Gasteiger partial charge in [-0.3, -0.25) is 4.79 Å². The molecular weight excluding hydrogens is 232 g/mol. The number of hydrogen-bond acceptors (Lipinski definition) is 4. The fourth-order valence-corrected chi connectivity index (χ4v) is 1.59. The van der Waals surface area contributed by atoms with E-state index in [0.29, 0.717) is 11.3 Å². The first-order valence-corrected chi connectivity index (χ1v) is 5.44. The Kier molecular flexibility index (Phi) is 3.57. The number of methoxy groups -OCH3 is 1. The van der Waals surface area contributed by atoms with Crippen LogP contribution in [0.2, 0.25) is 0 Å². The van der Waals surface area contributed by atoms with Crippen molar-refractivity contribution in [1.29, 1.82) is 0 Å². The summed E-state index contributed by atoms with van der Waals surface area (Å²) >= 11 is 0. The molecular formula is C14H12O4. The zero-order valence-electron chi connectivity index (χ0n) is 9.88. The molecule has 4 nitrogen and oxygen atoms in total. The number of carbonyl (C=O) groups is 2. The molecule has 0 N–H and O–H groups in total.